The van der Waals surface area contributed by atoms with Gasteiger partial charge in [0, 0.05) is 0 Å². The number of amides is 2. The highest BCUT2D eigenvalue weighted by molar-refractivity contribution is 6.14. The van der Waals surface area contributed by atoms with E-state index in [1.807, 2.05) is 0 Å². The normalized spacial score (nSPS) is 13.3. The standard InChI is InChI=1S/C19H13FN2O3/c20-13-6-2-1-5-12(13)16-9-10-17(25-16)19(24)22-11-18(23)21-14-7-3-4-8-15(14)22/h1-10H,11H2,(H,21,23). The molecule has 0 atom stereocenters. The van der Waals surface area contributed by atoms with Crippen LogP contribution >= 0.6 is 0 Å². The number of benzene rings is 2. The van der Waals surface area contributed by atoms with Gasteiger partial charge in [-0.1, -0.05) is 24.3 Å². The van der Waals surface area contributed by atoms with Gasteiger partial charge in [0.15, 0.2) is 5.76 Å². The Morgan fingerprint density at radius 1 is 1.04 bits per heavy atom. The van der Waals surface area contributed by atoms with Gasteiger partial charge in [0.1, 0.15) is 18.1 Å². The molecule has 4 rings (SSSR count). The van der Waals surface area contributed by atoms with Crippen LogP contribution in [0.3, 0.4) is 0 Å². The monoisotopic (exact) mass is 336 g/mol. The molecule has 124 valence electrons. The zero-order valence-electron chi connectivity index (χ0n) is 13.0. The zero-order valence-corrected chi connectivity index (χ0v) is 13.0. The quantitative estimate of drug-likeness (QED) is 0.776. The van der Waals surface area contributed by atoms with Crippen molar-refractivity contribution < 1.29 is 18.4 Å². The number of nitrogens with one attached hydrogen (secondary N) is 1. The van der Waals surface area contributed by atoms with Gasteiger partial charge in [-0.25, -0.2) is 4.39 Å². The third-order valence-electron chi connectivity index (χ3n) is 3.97. The summed E-state index contributed by atoms with van der Waals surface area (Å²) in [5.74, 6) is -0.865. The lowest BCUT2D eigenvalue weighted by Crippen LogP contribution is -2.42. The van der Waals surface area contributed by atoms with Gasteiger partial charge in [-0.15, -0.1) is 0 Å². The van der Waals surface area contributed by atoms with E-state index in [4.69, 9.17) is 4.42 Å². The average Bonchev–Trinajstić information content (AvgIpc) is 3.10. The molecule has 1 aromatic heterocycles. The highest BCUT2D eigenvalue weighted by Crippen LogP contribution is 2.31. The van der Waals surface area contributed by atoms with Gasteiger partial charge in [0.05, 0.1) is 16.9 Å². The molecule has 6 heteroatoms. The van der Waals surface area contributed by atoms with Crippen molar-refractivity contribution in [2.75, 3.05) is 16.8 Å². The maximum atomic E-state index is 13.9. The van der Waals surface area contributed by atoms with Crippen molar-refractivity contribution >= 4 is 23.2 Å². The van der Waals surface area contributed by atoms with Crippen LogP contribution in [0.15, 0.2) is 65.1 Å². The summed E-state index contributed by atoms with van der Waals surface area (Å²) in [4.78, 5) is 26.0. The number of rotatable bonds is 2. The van der Waals surface area contributed by atoms with Gasteiger partial charge in [-0.05, 0) is 36.4 Å². The molecule has 0 radical (unpaired) electrons. The summed E-state index contributed by atoms with van der Waals surface area (Å²) in [5, 5.41) is 2.72. The van der Waals surface area contributed by atoms with Crippen LogP contribution in [0.4, 0.5) is 15.8 Å². The molecule has 2 amide bonds. The van der Waals surface area contributed by atoms with Crippen LogP contribution in [-0.2, 0) is 4.79 Å². The molecule has 0 saturated carbocycles. The van der Waals surface area contributed by atoms with Crippen LogP contribution in [0.2, 0.25) is 0 Å². The lowest BCUT2D eigenvalue weighted by Gasteiger charge is -2.28. The molecule has 2 heterocycles. The molecule has 25 heavy (non-hydrogen) atoms. The number of carbonyl (C=O) groups excluding carboxylic acids is 2. The van der Waals surface area contributed by atoms with Crippen molar-refractivity contribution in [3.8, 4) is 11.3 Å². The van der Waals surface area contributed by atoms with E-state index in [0.717, 1.165) is 0 Å². The highest BCUT2D eigenvalue weighted by atomic mass is 19.1. The molecule has 0 spiro atoms. The summed E-state index contributed by atoms with van der Waals surface area (Å²) < 4.78 is 19.4. The third kappa shape index (κ3) is 2.67. The first-order valence-electron chi connectivity index (χ1n) is 7.69. The number of furan rings is 1. The molecule has 0 aliphatic carbocycles. The Bertz CT molecular complexity index is 980. The number of para-hydroxylation sites is 2. The second-order valence-electron chi connectivity index (χ2n) is 5.60. The lowest BCUT2D eigenvalue weighted by molar-refractivity contribution is -0.115. The number of halogens is 1. The number of anilines is 2. The van der Waals surface area contributed by atoms with E-state index < -0.39 is 11.7 Å². The van der Waals surface area contributed by atoms with Crippen LogP contribution in [0.5, 0.6) is 0 Å². The molecule has 1 N–H and O–H groups in total. The summed E-state index contributed by atoms with van der Waals surface area (Å²) in [5.41, 5.74) is 1.43. The fourth-order valence-electron chi connectivity index (χ4n) is 2.81. The van der Waals surface area contributed by atoms with Crippen molar-refractivity contribution in [1.29, 1.82) is 0 Å². The number of nitrogens with zero attached hydrogens (tertiary/aromatic N) is 1. The molecule has 2 aromatic carbocycles. The number of fused-ring (bicyclic) bond motifs is 1. The molecule has 5 nitrogen and oxygen atoms in total. The van der Waals surface area contributed by atoms with Crippen LogP contribution in [0, 0.1) is 5.82 Å². The van der Waals surface area contributed by atoms with Crippen LogP contribution in [0.1, 0.15) is 10.6 Å². The first kappa shape index (κ1) is 15.1. The van der Waals surface area contributed by atoms with Gasteiger partial charge in [-0.2, -0.15) is 0 Å². The van der Waals surface area contributed by atoms with Crippen molar-refractivity contribution in [2.24, 2.45) is 0 Å². The fourth-order valence-corrected chi connectivity index (χ4v) is 2.81. The summed E-state index contributed by atoms with van der Waals surface area (Å²) >= 11 is 0. The molecule has 0 unspecified atom stereocenters. The van der Waals surface area contributed by atoms with Crippen LogP contribution in [0.25, 0.3) is 11.3 Å². The SMILES string of the molecule is O=C1CN(C(=O)c2ccc(-c3ccccc3F)o2)c2ccccc2N1. The Morgan fingerprint density at radius 2 is 1.80 bits per heavy atom. The molecule has 3 aromatic rings. The van der Waals surface area contributed by atoms with E-state index in [0.29, 0.717) is 11.4 Å². The Balaban J connectivity index is 1.69. The second kappa shape index (κ2) is 5.90. The minimum Gasteiger partial charge on any atom is -0.451 e. The third-order valence-corrected chi connectivity index (χ3v) is 3.97. The minimum atomic E-state index is -0.454. The Hall–Kier alpha value is -3.41. The molecular weight excluding hydrogens is 323 g/mol. The topological polar surface area (TPSA) is 62.6 Å². The first-order valence-corrected chi connectivity index (χ1v) is 7.69. The van der Waals surface area contributed by atoms with E-state index in [1.54, 1.807) is 48.5 Å². The molecule has 0 saturated heterocycles. The average molecular weight is 336 g/mol. The molecule has 1 aliphatic rings. The van der Waals surface area contributed by atoms with Gasteiger partial charge in [-0.3, -0.25) is 14.5 Å². The molecule has 1 aliphatic heterocycles. The molecular formula is C19H13FN2O3. The maximum absolute atomic E-state index is 13.9. The Morgan fingerprint density at radius 3 is 2.64 bits per heavy atom. The summed E-state index contributed by atoms with van der Waals surface area (Å²) in [7, 11) is 0. The minimum absolute atomic E-state index is 0.0442. The predicted molar refractivity (Wildman–Crippen MR) is 90.9 cm³/mol. The summed E-state index contributed by atoms with van der Waals surface area (Å²) in [6, 6.07) is 16.2. The zero-order chi connectivity index (χ0) is 17.4. The van der Waals surface area contributed by atoms with Gasteiger partial charge in [0.2, 0.25) is 5.91 Å². The van der Waals surface area contributed by atoms with E-state index in [-0.39, 0.29) is 29.5 Å². The molecule has 0 fully saturated rings. The van der Waals surface area contributed by atoms with Crippen LogP contribution in [-0.4, -0.2) is 18.4 Å². The summed E-state index contributed by atoms with van der Waals surface area (Å²) in [6.45, 7) is -0.106. The van der Waals surface area contributed by atoms with E-state index in [1.165, 1.54) is 17.0 Å². The maximum Gasteiger partial charge on any atom is 0.294 e. The van der Waals surface area contributed by atoms with Crippen molar-refractivity contribution in [1.82, 2.24) is 0 Å². The first-order chi connectivity index (χ1) is 12.1. The Kier molecular flexibility index (Phi) is 3.57. The van der Waals surface area contributed by atoms with Crippen molar-refractivity contribution in [2.45, 2.75) is 0 Å². The van der Waals surface area contributed by atoms with E-state index in [2.05, 4.69) is 5.32 Å². The fraction of sp³-hybridized carbons (Fsp3) is 0.0526. The molecule has 0 bridgehead atoms. The van der Waals surface area contributed by atoms with Gasteiger partial charge >= 0.3 is 0 Å². The highest BCUT2D eigenvalue weighted by Gasteiger charge is 2.29. The van der Waals surface area contributed by atoms with Crippen LogP contribution < -0.4 is 10.2 Å². The lowest BCUT2D eigenvalue weighted by atomic mass is 10.1. The number of carbonyl (C=O) groups is 2. The van der Waals surface area contributed by atoms with Gasteiger partial charge < -0.3 is 9.73 Å². The van der Waals surface area contributed by atoms with Crippen molar-refractivity contribution in [3.63, 3.8) is 0 Å². The number of hydrogen-bond acceptors (Lipinski definition) is 3. The number of hydrogen-bond donors (Lipinski definition) is 1. The Labute approximate surface area is 142 Å². The smallest absolute Gasteiger partial charge is 0.294 e. The largest absolute Gasteiger partial charge is 0.451 e. The van der Waals surface area contributed by atoms with E-state index in [9.17, 15) is 14.0 Å². The summed E-state index contributed by atoms with van der Waals surface area (Å²) in [6.07, 6.45) is 0. The van der Waals surface area contributed by atoms with Gasteiger partial charge in [0.25, 0.3) is 5.91 Å². The van der Waals surface area contributed by atoms with Crippen molar-refractivity contribution in [3.05, 3.63) is 72.2 Å². The van der Waals surface area contributed by atoms with E-state index >= 15 is 0 Å². The second-order valence-corrected chi connectivity index (χ2v) is 5.60. The predicted octanol–water partition coefficient (Wildman–Crippen LogP) is 3.68.